The number of rotatable bonds is 4. The van der Waals surface area contributed by atoms with Crippen LogP contribution < -0.4 is 4.72 Å². The molecular weight excluding hydrogens is 324 g/mol. The summed E-state index contributed by atoms with van der Waals surface area (Å²) in [6.07, 6.45) is 3.93. The van der Waals surface area contributed by atoms with Gasteiger partial charge in [-0.25, -0.2) is 13.4 Å². The Morgan fingerprint density at radius 3 is 2.83 bits per heavy atom. The van der Waals surface area contributed by atoms with Gasteiger partial charge in [0.1, 0.15) is 0 Å². The Kier molecular flexibility index (Phi) is 4.49. The van der Waals surface area contributed by atoms with Crippen molar-refractivity contribution in [1.29, 1.82) is 0 Å². The van der Waals surface area contributed by atoms with E-state index in [4.69, 9.17) is 0 Å². The number of nitrogens with one attached hydrogen (secondary N) is 2. The minimum Gasteiger partial charge on any atom is -0.284 e. The Morgan fingerprint density at radius 1 is 1.17 bits per heavy atom. The van der Waals surface area contributed by atoms with E-state index in [2.05, 4.69) is 31.7 Å². The molecule has 0 aliphatic heterocycles. The molecule has 2 heterocycles. The van der Waals surface area contributed by atoms with Crippen LogP contribution in [0.15, 0.2) is 42.7 Å². The zero-order chi connectivity index (χ0) is 17.0. The molecule has 3 rings (SSSR count). The van der Waals surface area contributed by atoms with Crippen molar-refractivity contribution in [2.45, 2.75) is 13.3 Å². The number of hydrogen-bond acceptors (Lipinski definition) is 4. The van der Waals surface area contributed by atoms with Crippen molar-refractivity contribution in [3.8, 4) is 11.8 Å². The highest BCUT2D eigenvalue weighted by Crippen LogP contribution is 2.13. The lowest BCUT2D eigenvalue weighted by atomic mass is 10.2. The number of aromatic amines is 1. The Morgan fingerprint density at radius 2 is 2.00 bits per heavy atom. The lowest BCUT2D eigenvalue weighted by Gasteiger charge is -2.06. The average molecular weight is 340 g/mol. The number of aromatic nitrogens is 3. The Labute approximate surface area is 140 Å². The molecule has 2 aromatic heterocycles. The second-order valence-electron chi connectivity index (χ2n) is 5.28. The Bertz CT molecular complexity index is 1030. The smallest absolute Gasteiger partial charge is 0.232 e. The van der Waals surface area contributed by atoms with Crippen molar-refractivity contribution in [2.75, 3.05) is 10.5 Å². The van der Waals surface area contributed by atoms with Crippen LogP contribution in [0.25, 0.3) is 11.0 Å². The first-order valence-corrected chi connectivity index (χ1v) is 9.13. The molecule has 0 bridgehead atoms. The van der Waals surface area contributed by atoms with Gasteiger partial charge in [0.2, 0.25) is 10.0 Å². The summed E-state index contributed by atoms with van der Waals surface area (Å²) in [6, 6.07) is 8.91. The number of hydrogen-bond donors (Lipinski definition) is 2. The maximum absolute atomic E-state index is 11.8. The summed E-state index contributed by atoms with van der Waals surface area (Å²) in [5.41, 5.74) is 2.71. The minimum atomic E-state index is -3.31. The third kappa shape index (κ3) is 3.91. The molecule has 6 nitrogen and oxygen atoms in total. The summed E-state index contributed by atoms with van der Waals surface area (Å²) in [6.45, 7) is 1.83. The lowest BCUT2D eigenvalue weighted by Crippen LogP contribution is -2.16. The fourth-order valence-electron chi connectivity index (χ4n) is 2.21. The van der Waals surface area contributed by atoms with E-state index in [-0.39, 0.29) is 5.75 Å². The second-order valence-corrected chi connectivity index (χ2v) is 7.13. The summed E-state index contributed by atoms with van der Waals surface area (Å²) in [4.78, 5) is 4.23. The predicted molar refractivity (Wildman–Crippen MR) is 94.0 cm³/mol. The van der Waals surface area contributed by atoms with Gasteiger partial charge in [0.15, 0.2) is 5.65 Å². The molecule has 3 aromatic rings. The molecule has 0 saturated heterocycles. The van der Waals surface area contributed by atoms with Gasteiger partial charge in [0.05, 0.1) is 11.9 Å². The van der Waals surface area contributed by atoms with Crippen LogP contribution >= 0.6 is 0 Å². The van der Waals surface area contributed by atoms with Gasteiger partial charge in [-0.1, -0.05) is 24.8 Å². The maximum Gasteiger partial charge on any atom is 0.232 e. The van der Waals surface area contributed by atoms with E-state index in [1.165, 1.54) is 0 Å². The summed E-state index contributed by atoms with van der Waals surface area (Å²) in [5, 5.41) is 7.60. The quantitative estimate of drug-likeness (QED) is 0.714. The van der Waals surface area contributed by atoms with Gasteiger partial charge < -0.3 is 0 Å². The van der Waals surface area contributed by atoms with Crippen LogP contribution in [0.1, 0.15) is 24.5 Å². The van der Waals surface area contributed by atoms with Gasteiger partial charge in [-0.05, 0) is 30.7 Å². The number of benzene rings is 1. The van der Waals surface area contributed by atoms with Crippen LogP contribution in [-0.2, 0) is 10.0 Å². The summed E-state index contributed by atoms with van der Waals surface area (Å²) in [7, 11) is -3.31. The molecule has 0 fully saturated rings. The first-order valence-electron chi connectivity index (χ1n) is 7.47. The third-order valence-corrected chi connectivity index (χ3v) is 4.74. The van der Waals surface area contributed by atoms with E-state index in [0.717, 1.165) is 16.5 Å². The molecule has 0 radical (unpaired) electrons. The molecule has 1 aromatic carbocycles. The molecule has 0 atom stereocenters. The van der Waals surface area contributed by atoms with Gasteiger partial charge in [0, 0.05) is 28.4 Å². The van der Waals surface area contributed by atoms with Crippen molar-refractivity contribution >= 4 is 26.7 Å². The molecule has 24 heavy (non-hydrogen) atoms. The van der Waals surface area contributed by atoms with Crippen LogP contribution in [0.4, 0.5) is 5.69 Å². The third-order valence-electron chi connectivity index (χ3n) is 3.25. The molecule has 122 valence electrons. The van der Waals surface area contributed by atoms with Crippen molar-refractivity contribution in [2.24, 2.45) is 0 Å². The van der Waals surface area contributed by atoms with Crippen LogP contribution in [-0.4, -0.2) is 29.4 Å². The number of H-pyrrole nitrogens is 1. The molecule has 0 aliphatic rings. The summed E-state index contributed by atoms with van der Waals surface area (Å²) in [5.74, 6) is 6.14. The second kappa shape index (κ2) is 6.72. The normalized spacial score (nSPS) is 11.0. The summed E-state index contributed by atoms with van der Waals surface area (Å²) >= 11 is 0. The van der Waals surface area contributed by atoms with Crippen molar-refractivity contribution < 1.29 is 8.42 Å². The minimum absolute atomic E-state index is 0.0965. The van der Waals surface area contributed by atoms with Crippen LogP contribution in [0.5, 0.6) is 0 Å². The van der Waals surface area contributed by atoms with Gasteiger partial charge in [-0.15, -0.1) is 0 Å². The van der Waals surface area contributed by atoms with Gasteiger partial charge >= 0.3 is 0 Å². The highest BCUT2D eigenvalue weighted by Gasteiger charge is 2.08. The molecule has 0 aliphatic carbocycles. The van der Waals surface area contributed by atoms with Gasteiger partial charge in [0.25, 0.3) is 0 Å². The number of sulfonamides is 1. The fourth-order valence-corrected chi connectivity index (χ4v) is 3.33. The Balaban J connectivity index is 1.82. The molecule has 7 heteroatoms. The number of pyridine rings is 1. The molecule has 0 amide bonds. The first-order chi connectivity index (χ1) is 11.6. The molecule has 2 N–H and O–H groups in total. The SMILES string of the molecule is CCCS(=O)(=O)Nc1cccc(C#Cc2cnc3[nH]ncc3c2)c1. The Hall–Kier alpha value is -2.85. The zero-order valence-corrected chi connectivity index (χ0v) is 13.9. The van der Waals surface area contributed by atoms with Gasteiger partial charge in [-0.3, -0.25) is 9.82 Å². The van der Waals surface area contributed by atoms with E-state index < -0.39 is 10.0 Å². The van der Waals surface area contributed by atoms with Gasteiger partial charge in [-0.2, -0.15) is 5.10 Å². The monoisotopic (exact) mass is 340 g/mol. The van der Waals surface area contributed by atoms with E-state index in [0.29, 0.717) is 17.8 Å². The summed E-state index contributed by atoms with van der Waals surface area (Å²) < 4.78 is 26.2. The van der Waals surface area contributed by atoms with E-state index >= 15 is 0 Å². The van der Waals surface area contributed by atoms with Crippen molar-refractivity contribution in [3.05, 3.63) is 53.9 Å². The number of fused-ring (bicyclic) bond motifs is 1. The number of anilines is 1. The first kappa shape index (κ1) is 16.0. The highest BCUT2D eigenvalue weighted by molar-refractivity contribution is 7.92. The van der Waals surface area contributed by atoms with Crippen LogP contribution in [0.2, 0.25) is 0 Å². The fraction of sp³-hybridized carbons (Fsp3) is 0.176. The average Bonchev–Trinajstić information content (AvgIpc) is 3.00. The molecule has 0 unspecified atom stereocenters. The van der Waals surface area contributed by atoms with Crippen LogP contribution in [0, 0.1) is 11.8 Å². The van der Waals surface area contributed by atoms with Crippen molar-refractivity contribution in [3.63, 3.8) is 0 Å². The molecular formula is C17H16N4O2S. The molecule has 0 saturated carbocycles. The highest BCUT2D eigenvalue weighted by atomic mass is 32.2. The van der Waals surface area contributed by atoms with Crippen molar-refractivity contribution in [1.82, 2.24) is 15.2 Å². The van der Waals surface area contributed by atoms with E-state index in [9.17, 15) is 8.42 Å². The van der Waals surface area contributed by atoms with E-state index in [1.54, 1.807) is 30.6 Å². The standard InChI is InChI=1S/C17H16N4O2S/c1-2-8-24(22,23)21-16-5-3-4-13(10-16)6-7-14-9-15-12-19-20-17(15)18-11-14/h3-5,9-12,21H,2,8H2,1H3,(H,18,19,20). The van der Waals surface area contributed by atoms with Crippen LogP contribution in [0.3, 0.4) is 0 Å². The topological polar surface area (TPSA) is 87.7 Å². The maximum atomic E-state index is 11.8. The van der Waals surface area contributed by atoms with E-state index in [1.807, 2.05) is 19.1 Å². The largest absolute Gasteiger partial charge is 0.284 e. The number of nitrogens with zero attached hydrogens (tertiary/aromatic N) is 2. The zero-order valence-electron chi connectivity index (χ0n) is 13.1. The molecule has 0 spiro atoms. The predicted octanol–water partition coefficient (Wildman–Crippen LogP) is 2.51. The lowest BCUT2D eigenvalue weighted by molar-refractivity contribution is 0.600.